The number of carbonyl (C=O) groups excluding carboxylic acids is 1. The van der Waals surface area contributed by atoms with Gasteiger partial charge in [-0.05, 0) is 48.5 Å². The highest BCUT2D eigenvalue weighted by atomic mass is 32.2. The number of hydrogen-bond donors (Lipinski definition) is 3. The highest BCUT2D eigenvalue weighted by Gasteiger charge is 2.20. The smallest absolute Gasteiger partial charge is 0.317 e. The molecule has 6 nitrogen and oxygen atoms in total. The number of aryl methyl sites for hydroxylation is 1. The third-order valence-corrected chi connectivity index (χ3v) is 5.81. The molecule has 0 aliphatic heterocycles. The van der Waals surface area contributed by atoms with Crippen LogP contribution in [0.3, 0.4) is 0 Å². The summed E-state index contributed by atoms with van der Waals surface area (Å²) in [4.78, 5) is 15.7. The van der Waals surface area contributed by atoms with Crippen LogP contribution in [-0.2, 0) is 11.3 Å². The van der Waals surface area contributed by atoms with E-state index in [1.165, 1.54) is 29.1 Å². The predicted molar refractivity (Wildman–Crippen MR) is 123 cm³/mol. The number of hydrazone groups is 1. The number of nitrogens with one attached hydrogen (secondary N) is 2. The predicted octanol–water partition coefficient (Wildman–Crippen LogP) is 3.76. The molecule has 0 atom stereocenters. The van der Waals surface area contributed by atoms with E-state index < -0.39 is 0 Å². The Bertz CT molecular complexity index is 1230. The molecule has 1 aromatic heterocycles. The fraction of sp³-hybridized carbons (Fsp3) is 0.125. The standard InChI is InChI=1S/C24H22N4O2S/c1-17-10-12-18(13-11-17)15-28-21-8-4-3-7-20(21)26-24(28)31-16-23(30)27-25-14-19-6-2-5-9-22(19)29/h2-14H,15-16H2,1H3,(H2,25,27,29,30)/p+1. The van der Waals surface area contributed by atoms with Crippen molar-refractivity contribution in [2.24, 2.45) is 5.10 Å². The summed E-state index contributed by atoms with van der Waals surface area (Å²) in [5.41, 5.74) is 7.59. The van der Waals surface area contributed by atoms with Gasteiger partial charge in [-0.3, -0.25) is 4.79 Å². The van der Waals surface area contributed by atoms with E-state index in [1.807, 2.05) is 18.2 Å². The van der Waals surface area contributed by atoms with Crippen LogP contribution in [-0.4, -0.2) is 28.0 Å². The van der Waals surface area contributed by atoms with Crippen LogP contribution in [0.5, 0.6) is 5.75 Å². The Balaban J connectivity index is 1.46. The number of amides is 1. The Morgan fingerprint density at radius 2 is 1.84 bits per heavy atom. The van der Waals surface area contributed by atoms with E-state index in [1.54, 1.807) is 24.3 Å². The molecule has 3 aromatic carbocycles. The Kier molecular flexibility index (Phi) is 6.33. The molecule has 0 saturated heterocycles. The molecular weight excluding hydrogens is 408 g/mol. The van der Waals surface area contributed by atoms with E-state index in [4.69, 9.17) is 0 Å². The topological polar surface area (TPSA) is 81.4 Å². The second kappa shape index (κ2) is 9.49. The number of rotatable bonds is 7. The highest BCUT2D eigenvalue weighted by molar-refractivity contribution is 7.99. The van der Waals surface area contributed by atoms with Gasteiger partial charge in [0, 0.05) is 5.56 Å². The van der Waals surface area contributed by atoms with Crippen LogP contribution >= 0.6 is 11.8 Å². The lowest BCUT2D eigenvalue weighted by Gasteiger charge is -2.03. The molecular formula is C24H23N4O2S+. The molecule has 4 rings (SSSR count). The van der Waals surface area contributed by atoms with Crippen molar-refractivity contribution in [1.82, 2.24) is 10.4 Å². The molecule has 0 radical (unpaired) electrons. The third-order valence-electron chi connectivity index (χ3n) is 4.81. The molecule has 1 amide bonds. The van der Waals surface area contributed by atoms with Gasteiger partial charge in [-0.25, -0.2) is 15.0 Å². The number of carbonyl (C=O) groups is 1. The minimum atomic E-state index is -0.225. The molecule has 1 heterocycles. The van der Waals surface area contributed by atoms with Crippen molar-refractivity contribution in [2.45, 2.75) is 18.6 Å². The van der Waals surface area contributed by atoms with Crippen molar-refractivity contribution >= 4 is 34.9 Å². The molecule has 0 spiro atoms. The van der Waals surface area contributed by atoms with E-state index in [0.29, 0.717) is 12.1 Å². The van der Waals surface area contributed by atoms with E-state index >= 15 is 0 Å². The maximum Gasteiger partial charge on any atom is 0.317 e. The van der Waals surface area contributed by atoms with Crippen LogP contribution in [0.1, 0.15) is 16.7 Å². The van der Waals surface area contributed by atoms with Gasteiger partial charge < -0.3 is 5.11 Å². The number of phenolic OH excluding ortho intramolecular Hbond substituents is 1. The van der Waals surface area contributed by atoms with Gasteiger partial charge in [0.1, 0.15) is 12.3 Å². The summed E-state index contributed by atoms with van der Waals surface area (Å²) in [7, 11) is 0. The lowest BCUT2D eigenvalue weighted by atomic mass is 10.1. The molecule has 0 unspecified atom stereocenters. The largest absolute Gasteiger partial charge is 0.507 e. The molecule has 7 heteroatoms. The molecule has 156 valence electrons. The van der Waals surface area contributed by atoms with E-state index in [9.17, 15) is 9.90 Å². The summed E-state index contributed by atoms with van der Waals surface area (Å²) in [6, 6.07) is 23.4. The quantitative estimate of drug-likeness (QED) is 0.180. The molecule has 0 saturated carbocycles. The lowest BCUT2D eigenvalue weighted by molar-refractivity contribution is -0.700. The first kappa shape index (κ1) is 20.7. The van der Waals surface area contributed by atoms with Gasteiger partial charge in [-0.2, -0.15) is 5.10 Å². The van der Waals surface area contributed by atoms with Gasteiger partial charge in [0.25, 0.3) is 5.91 Å². The number of aromatic hydroxyl groups is 1. The summed E-state index contributed by atoms with van der Waals surface area (Å²) in [5.74, 6) is 0.0982. The van der Waals surface area contributed by atoms with Gasteiger partial charge in [-0.1, -0.05) is 54.1 Å². The number of hydrogen-bond acceptors (Lipinski definition) is 4. The van der Waals surface area contributed by atoms with Crippen LogP contribution in [0.25, 0.3) is 11.0 Å². The number of aromatic nitrogens is 2. The summed E-state index contributed by atoms with van der Waals surface area (Å²) < 4.78 is 2.18. The zero-order chi connectivity index (χ0) is 21.6. The summed E-state index contributed by atoms with van der Waals surface area (Å²) >= 11 is 1.42. The van der Waals surface area contributed by atoms with Gasteiger partial charge in [-0.15, -0.1) is 0 Å². The Labute approximate surface area is 184 Å². The molecule has 0 aliphatic carbocycles. The lowest BCUT2D eigenvalue weighted by Crippen LogP contribution is -2.36. The molecule has 0 aliphatic rings. The zero-order valence-electron chi connectivity index (χ0n) is 17.1. The minimum absolute atomic E-state index is 0.116. The van der Waals surface area contributed by atoms with Crippen molar-refractivity contribution < 1.29 is 14.5 Å². The van der Waals surface area contributed by atoms with E-state index in [2.05, 4.69) is 57.3 Å². The van der Waals surface area contributed by atoms with E-state index in [-0.39, 0.29) is 17.4 Å². The SMILES string of the molecule is Cc1ccc(C[n+]2c(SCC(=O)NN=Cc3ccccc3O)[nH]c3ccccc32)cc1. The van der Waals surface area contributed by atoms with E-state index in [0.717, 1.165) is 16.2 Å². The molecule has 31 heavy (non-hydrogen) atoms. The van der Waals surface area contributed by atoms with Gasteiger partial charge in [0.2, 0.25) is 0 Å². The maximum atomic E-state index is 12.3. The second-order valence-electron chi connectivity index (χ2n) is 7.16. The summed E-state index contributed by atoms with van der Waals surface area (Å²) in [6.45, 7) is 2.78. The van der Waals surface area contributed by atoms with Gasteiger partial charge in [0.05, 0.1) is 12.0 Å². The molecule has 3 N–H and O–H groups in total. The van der Waals surface area contributed by atoms with Crippen molar-refractivity contribution in [1.29, 1.82) is 0 Å². The number of thioether (sulfide) groups is 1. The third kappa shape index (κ3) is 5.13. The molecule has 4 aromatic rings. The number of benzene rings is 3. The zero-order valence-corrected chi connectivity index (χ0v) is 17.9. The highest BCUT2D eigenvalue weighted by Crippen LogP contribution is 2.19. The Morgan fingerprint density at radius 3 is 2.65 bits per heavy atom. The first-order valence-corrected chi connectivity index (χ1v) is 10.9. The number of imidazole rings is 1. The first-order chi connectivity index (χ1) is 15.1. The minimum Gasteiger partial charge on any atom is -0.507 e. The number of fused-ring (bicyclic) bond motifs is 1. The number of aromatic amines is 1. The number of phenols is 1. The van der Waals surface area contributed by atoms with Crippen molar-refractivity contribution in [3.8, 4) is 5.75 Å². The Morgan fingerprint density at radius 1 is 1.10 bits per heavy atom. The molecule has 0 bridgehead atoms. The maximum absolute atomic E-state index is 12.3. The monoisotopic (exact) mass is 431 g/mol. The van der Waals surface area contributed by atoms with Gasteiger partial charge >= 0.3 is 5.16 Å². The van der Waals surface area contributed by atoms with Crippen LogP contribution in [0.4, 0.5) is 0 Å². The van der Waals surface area contributed by atoms with Crippen molar-refractivity contribution in [3.05, 3.63) is 89.5 Å². The van der Waals surface area contributed by atoms with Crippen LogP contribution < -0.4 is 9.99 Å². The number of nitrogens with zero attached hydrogens (tertiary/aromatic N) is 2. The van der Waals surface area contributed by atoms with Gasteiger partial charge in [0.15, 0.2) is 11.0 Å². The Hall–Kier alpha value is -3.58. The first-order valence-electron chi connectivity index (χ1n) is 9.89. The van der Waals surface area contributed by atoms with Crippen molar-refractivity contribution in [2.75, 3.05) is 5.75 Å². The fourth-order valence-electron chi connectivity index (χ4n) is 3.19. The van der Waals surface area contributed by atoms with Crippen LogP contribution in [0.2, 0.25) is 0 Å². The summed E-state index contributed by atoms with van der Waals surface area (Å²) in [6.07, 6.45) is 1.43. The van der Waals surface area contributed by atoms with Crippen LogP contribution in [0, 0.1) is 6.92 Å². The normalized spacial score (nSPS) is 11.3. The fourth-order valence-corrected chi connectivity index (χ4v) is 4.02. The number of H-pyrrole nitrogens is 1. The van der Waals surface area contributed by atoms with Crippen molar-refractivity contribution in [3.63, 3.8) is 0 Å². The average Bonchev–Trinajstić information content (AvgIpc) is 3.12. The molecule has 0 fully saturated rings. The average molecular weight is 432 g/mol. The summed E-state index contributed by atoms with van der Waals surface area (Å²) in [5, 5.41) is 14.6. The van der Waals surface area contributed by atoms with Crippen LogP contribution in [0.15, 0.2) is 83.1 Å². The second-order valence-corrected chi connectivity index (χ2v) is 8.12. The number of para-hydroxylation sites is 3.